The lowest BCUT2D eigenvalue weighted by Gasteiger charge is -2.18. The molecular weight excluding hydrogens is 303 g/mol. The monoisotopic (exact) mass is 324 g/mol. The molecule has 0 aliphatic heterocycles. The first-order valence-corrected chi connectivity index (χ1v) is 7.10. The minimum atomic E-state index is -0.640. The Morgan fingerprint density at radius 3 is 2.22 bits per heavy atom. The van der Waals surface area contributed by atoms with Gasteiger partial charge in [0.05, 0.1) is 0 Å². The molecule has 23 heavy (non-hydrogen) atoms. The molecule has 4 amide bonds. The Balaban J connectivity index is 2.26. The van der Waals surface area contributed by atoms with Crippen molar-refractivity contribution in [3.63, 3.8) is 0 Å². The number of amides is 4. The van der Waals surface area contributed by atoms with Crippen LogP contribution in [-0.4, -0.2) is 56.0 Å². The van der Waals surface area contributed by atoms with Crippen LogP contribution in [0.2, 0.25) is 0 Å². The number of carbonyl (C=O) groups excluding carboxylic acids is 3. The van der Waals surface area contributed by atoms with Gasteiger partial charge < -0.3 is 20.9 Å². The van der Waals surface area contributed by atoms with Gasteiger partial charge in [-0.25, -0.2) is 9.18 Å². The Bertz CT molecular complexity index is 560. The number of likely N-dealkylation sites (N-methyl/N-ethyl adjacent to an activating group) is 1. The van der Waals surface area contributed by atoms with Crippen molar-refractivity contribution in [2.75, 3.05) is 27.2 Å². The van der Waals surface area contributed by atoms with Crippen molar-refractivity contribution >= 4 is 17.8 Å². The summed E-state index contributed by atoms with van der Waals surface area (Å²) in [6, 6.07) is 4.01. The van der Waals surface area contributed by atoms with Gasteiger partial charge in [-0.05, 0) is 31.2 Å². The molecule has 0 aliphatic rings. The molecule has 0 aromatic heterocycles. The van der Waals surface area contributed by atoms with Gasteiger partial charge in [0, 0.05) is 32.7 Å². The van der Waals surface area contributed by atoms with Crippen LogP contribution in [0, 0.1) is 5.82 Å². The van der Waals surface area contributed by atoms with Crippen LogP contribution in [0.5, 0.6) is 0 Å². The number of urea groups is 1. The van der Waals surface area contributed by atoms with Gasteiger partial charge in [-0.1, -0.05) is 0 Å². The van der Waals surface area contributed by atoms with Crippen molar-refractivity contribution in [3.8, 4) is 0 Å². The van der Waals surface area contributed by atoms with E-state index in [-0.39, 0.29) is 24.9 Å². The van der Waals surface area contributed by atoms with E-state index >= 15 is 0 Å². The van der Waals surface area contributed by atoms with Gasteiger partial charge in [-0.15, -0.1) is 0 Å². The van der Waals surface area contributed by atoms with Gasteiger partial charge in [0.15, 0.2) is 0 Å². The number of nitrogens with zero attached hydrogens (tertiary/aromatic N) is 1. The normalized spacial score (nSPS) is 11.3. The van der Waals surface area contributed by atoms with Gasteiger partial charge in [0.2, 0.25) is 5.91 Å². The zero-order valence-electron chi connectivity index (χ0n) is 13.4. The highest BCUT2D eigenvalue weighted by atomic mass is 19.1. The fourth-order valence-electron chi connectivity index (χ4n) is 1.75. The van der Waals surface area contributed by atoms with E-state index in [0.717, 1.165) is 0 Å². The Labute approximate surface area is 134 Å². The molecular formula is C15H21FN4O3. The molecule has 8 heteroatoms. The summed E-state index contributed by atoms with van der Waals surface area (Å²) in [5.74, 6) is -0.991. The highest BCUT2D eigenvalue weighted by Crippen LogP contribution is 2.01. The predicted octanol–water partition coefficient (Wildman–Crippen LogP) is 0.331. The smallest absolute Gasteiger partial charge is 0.315 e. The zero-order chi connectivity index (χ0) is 17.4. The quantitative estimate of drug-likeness (QED) is 0.659. The summed E-state index contributed by atoms with van der Waals surface area (Å²) in [5.41, 5.74) is 0.334. The Kier molecular flexibility index (Phi) is 6.98. The van der Waals surface area contributed by atoms with Gasteiger partial charge >= 0.3 is 6.03 Å². The summed E-state index contributed by atoms with van der Waals surface area (Å²) in [6.07, 6.45) is 0. The molecule has 1 rings (SSSR count). The van der Waals surface area contributed by atoms with E-state index < -0.39 is 17.9 Å². The minimum Gasteiger partial charge on any atom is -0.350 e. The molecule has 3 N–H and O–H groups in total. The van der Waals surface area contributed by atoms with Crippen LogP contribution in [0.25, 0.3) is 0 Å². The van der Waals surface area contributed by atoms with Crippen molar-refractivity contribution in [2.24, 2.45) is 0 Å². The molecule has 0 spiro atoms. The van der Waals surface area contributed by atoms with Crippen molar-refractivity contribution < 1.29 is 18.8 Å². The van der Waals surface area contributed by atoms with Crippen LogP contribution >= 0.6 is 0 Å². The van der Waals surface area contributed by atoms with Gasteiger partial charge in [-0.2, -0.15) is 0 Å². The number of nitrogens with one attached hydrogen (secondary N) is 3. The molecule has 7 nitrogen and oxygen atoms in total. The molecule has 1 aromatic rings. The fourth-order valence-corrected chi connectivity index (χ4v) is 1.75. The molecule has 0 saturated carbocycles. The number of rotatable bonds is 6. The molecule has 1 unspecified atom stereocenters. The highest BCUT2D eigenvalue weighted by molar-refractivity contribution is 5.94. The number of hydrogen-bond donors (Lipinski definition) is 3. The van der Waals surface area contributed by atoms with Crippen LogP contribution in [0.3, 0.4) is 0 Å². The van der Waals surface area contributed by atoms with Crippen LogP contribution < -0.4 is 16.0 Å². The second kappa shape index (κ2) is 8.72. The van der Waals surface area contributed by atoms with E-state index in [1.807, 2.05) is 0 Å². The third kappa shape index (κ3) is 6.33. The maximum absolute atomic E-state index is 12.7. The first-order valence-electron chi connectivity index (χ1n) is 7.10. The number of carbonyl (C=O) groups is 3. The Morgan fingerprint density at radius 2 is 1.65 bits per heavy atom. The fraction of sp³-hybridized carbons (Fsp3) is 0.400. The van der Waals surface area contributed by atoms with Crippen LogP contribution in [0.15, 0.2) is 24.3 Å². The SMILES string of the molecule is CC(NC(=O)NCCNC(=O)c1ccc(F)cc1)C(=O)N(C)C. The largest absolute Gasteiger partial charge is 0.350 e. The van der Waals surface area contributed by atoms with E-state index in [9.17, 15) is 18.8 Å². The van der Waals surface area contributed by atoms with E-state index in [2.05, 4.69) is 16.0 Å². The van der Waals surface area contributed by atoms with Crippen LogP contribution in [0.4, 0.5) is 9.18 Å². The molecule has 0 fully saturated rings. The summed E-state index contributed by atoms with van der Waals surface area (Å²) in [5, 5.41) is 7.61. The van der Waals surface area contributed by atoms with E-state index in [1.54, 1.807) is 21.0 Å². The standard InChI is InChI=1S/C15H21FN4O3/c1-10(14(22)20(2)3)19-15(23)18-9-8-17-13(21)11-4-6-12(16)7-5-11/h4-7,10H,8-9H2,1-3H3,(H,17,21)(H2,18,19,23). The van der Waals surface area contributed by atoms with Crippen molar-refractivity contribution in [1.29, 1.82) is 0 Å². The molecule has 0 heterocycles. The third-order valence-electron chi connectivity index (χ3n) is 2.96. The van der Waals surface area contributed by atoms with E-state index in [0.29, 0.717) is 5.56 Å². The molecule has 0 aliphatic carbocycles. The molecule has 0 radical (unpaired) electrons. The second-order valence-corrected chi connectivity index (χ2v) is 5.12. The lowest BCUT2D eigenvalue weighted by Crippen LogP contribution is -2.49. The average molecular weight is 324 g/mol. The maximum Gasteiger partial charge on any atom is 0.315 e. The first kappa shape index (κ1) is 18.4. The summed E-state index contributed by atoms with van der Waals surface area (Å²) >= 11 is 0. The first-order chi connectivity index (χ1) is 10.8. The predicted molar refractivity (Wildman–Crippen MR) is 83.4 cm³/mol. The van der Waals surface area contributed by atoms with E-state index in [1.165, 1.54) is 29.2 Å². The van der Waals surface area contributed by atoms with E-state index in [4.69, 9.17) is 0 Å². The van der Waals surface area contributed by atoms with Crippen LogP contribution in [0.1, 0.15) is 17.3 Å². The lowest BCUT2D eigenvalue weighted by atomic mass is 10.2. The Morgan fingerprint density at radius 1 is 1.09 bits per heavy atom. The molecule has 0 saturated heterocycles. The van der Waals surface area contributed by atoms with Gasteiger partial charge in [0.1, 0.15) is 11.9 Å². The second-order valence-electron chi connectivity index (χ2n) is 5.12. The van der Waals surface area contributed by atoms with Crippen molar-refractivity contribution in [3.05, 3.63) is 35.6 Å². The molecule has 0 bridgehead atoms. The van der Waals surface area contributed by atoms with Crippen LogP contribution in [-0.2, 0) is 4.79 Å². The molecule has 126 valence electrons. The lowest BCUT2D eigenvalue weighted by molar-refractivity contribution is -0.130. The third-order valence-corrected chi connectivity index (χ3v) is 2.96. The summed E-state index contributed by atoms with van der Waals surface area (Å²) in [4.78, 5) is 36.3. The summed E-state index contributed by atoms with van der Waals surface area (Å²) in [6.45, 7) is 1.99. The average Bonchev–Trinajstić information content (AvgIpc) is 2.51. The van der Waals surface area contributed by atoms with Gasteiger partial charge in [-0.3, -0.25) is 9.59 Å². The summed E-state index contributed by atoms with van der Waals surface area (Å²) in [7, 11) is 3.20. The Hall–Kier alpha value is -2.64. The van der Waals surface area contributed by atoms with Crippen molar-refractivity contribution in [2.45, 2.75) is 13.0 Å². The molecule has 1 atom stereocenters. The van der Waals surface area contributed by atoms with Crippen molar-refractivity contribution in [1.82, 2.24) is 20.9 Å². The number of hydrogen-bond acceptors (Lipinski definition) is 3. The summed E-state index contributed by atoms with van der Waals surface area (Å²) < 4.78 is 12.7. The van der Waals surface area contributed by atoms with Gasteiger partial charge in [0.25, 0.3) is 5.91 Å². The highest BCUT2D eigenvalue weighted by Gasteiger charge is 2.16. The number of halogens is 1. The molecule has 1 aromatic carbocycles. The number of benzene rings is 1. The maximum atomic E-state index is 12.7. The topological polar surface area (TPSA) is 90.5 Å². The zero-order valence-corrected chi connectivity index (χ0v) is 13.4. The minimum absolute atomic E-state index is 0.196.